The topological polar surface area (TPSA) is 80.9 Å². The molecule has 0 atom stereocenters. The van der Waals surface area contributed by atoms with Crippen LogP contribution in [-0.2, 0) is 10.8 Å². The lowest BCUT2D eigenvalue weighted by Gasteiger charge is -2.27. The van der Waals surface area contributed by atoms with E-state index < -0.39 is 5.92 Å². The Kier molecular flexibility index (Phi) is 4.93. The zero-order valence-corrected chi connectivity index (χ0v) is 16.7. The Morgan fingerprint density at radius 2 is 0.923 bits per heavy atom. The zero-order valence-electron chi connectivity index (χ0n) is 16.7. The Morgan fingerprint density at radius 3 is 1.19 bits per heavy atom. The van der Waals surface area contributed by atoms with E-state index in [2.05, 4.69) is 0 Å². The highest BCUT2D eigenvalue weighted by atomic mass is 16.3. The van der Waals surface area contributed by atoms with Crippen LogP contribution in [0.1, 0.15) is 76.6 Å². The van der Waals surface area contributed by atoms with Crippen LogP contribution in [0.25, 0.3) is 0 Å². The Balaban J connectivity index is 2.70. The van der Waals surface area contributed by atoms with E-state index in [9.17, 15) is 20.4 Å². The van der Waals surface area contributed by atoms with Crippen LogP contribution in [0.2, 0.25) is 0 Å². The largest absolute Gasteiger partial charge is 0.508 e. The fraction of sp³-hybridized carbons (Fsp3) is 0.455. The number of hydrogen-bond acceptors (Lipinski definition) is 4. The van der Waals surface area contributed by atoms with Crippen molar-refractivity contribution in [3.05, 3.63) is 46.5 Å². The molecule has 0 fully saturated rings. The van der Waals surface area contributed by atoms with Gasteiger partial charge in [0.05, 0.1) is 0 Å². The quantitative estimate of drug-likeness (QED) is 0.552. The average Bonchev–Trinajstić information content (AvgIpc) is 2.48. The van der Waals surface area contributed by atoms with Gasteiger partial charge in [0.2, 0.25) is 0 Å². The second kappa shape index (κ2) is 6.42. The summed E-state index contributed by atoms with van der Waals surface area (Å²) in [6.45, 7) is 13.6. The van der Waals surface area contributed by atoms with E-state index in [1.54, 1.807) is 12.1 Å². The third-order valence-corrected chi connectivity index (χ3v) is 4.80. The molecule has 2 rings (SSSR count). The lowest BCUT2D eigenvalue weighted by Crippen LogP contribution is -2.14. The van der Waals surface area contributed by atoms with Gasteiger partial charge < -0.3 is 20.4 Å². The summed E-state index contributed by atoms with van der Waals surface area (Å²) in [5.41, 5.74) is 1.58. The molecule has 0 aromatic heterocycles. The predicted molar refractivity (Wildman–Crippen MR) is 104 cm³/mol. The number of rotatable bonds is 2. The van der Waals surface area contributed by atoms with Gasteiger partial charge in [0.15, 0.2) is 0 Å². The van der Waals surface area contributed by atoms with Gasteiger partial charge in [0.1, 0.15) is 23.0 Å². The number of phenolic OH excluding ortho intramolecular Hbond substituents is 4. The number of aromatic hydroxyl groups is 4. The molecular weight excluding hydrogens is 328 g/mol. The van der Waals surface area contributed by atoms with Gasteiger partial charge in [0, 0.05) is 28.2 Å². The summed E-state index contributed by atoms with van der Waals surface area (Å²) < 4.78 is 0. The first-order valence-electron chi connectivity index (χ1n) is 8.86. The van der Waals surface area contributed by atoms with E-state index in [1.165, 1.54) is 12.1 Å². The summed E-state index contributed by atoms with van der Waals surface area (Å²) in [4.78, 5) is 0. The van der Waals surface area contributed by atoms with Gasteiger partial charge in [-0.3, -0.25) is 0 Å². The second-order valence-corrected chi connectivity index (χ2v) is 9.08. The van der Waals surface area contributed by atoms with Crippen LogP contribution < -0.4 is 0 Å². The predicted octanol–water partition coefficient (Wildman–Crippen LogP) is 5.26. The Bertz CT molecular complexity index is 754. The van der Waals surface area contributed by atoms with Crippen LogP contribution in [0.15, 0.2) is 24.3 Å². The van der Waals surface area contributed by atoms with Crippen molar-refractivity contribution in [2.75, 3.05) is 0 Å². The normalized spacial score (nSPS) is 12.6. The minimum Gasteiger partial charge on any atom is -0.508 e. The molecule has 0 saturated carbocycles. The number of hydrogen-bond donors (Lipinski definition) is 4. The van der Waals surface area contributed by atoms with E-state index >= 15 is 0 Å². The molecule has 142 valence electrons. The van der Waals surface area contributed by atoms with Crippen LogP contribution >= 0.6 is 0 Å². The molecule has 4 N–H and O–H groups in total. The third kappa shape index (κ3) is 3.74. The van der Waals surface area contributed by atoms with Crippen molar-refractivity contribution in [2.45, 2.75) is 65.2 Å². The van der Waals surface area contributed by atoms with Crippen LogP contribution in [0, 0.1) is 0 Å². The average molecular weight is 358 g/mol. The molecule has 2 aromatic carbocycles. The SMILES string of the molecule is CC(c1cc(O)cc(C(C)(C)C)c1O)c1cc(O)cc(C(C)(C)C)c1O. The molecule has 2 aromatic rings. The Labute approximate surface area is 155 Å². The molecule has 0 unspecified atom stereocenters. The molecule has 4 nitrogen and oxygen atoms in total. The van der Waals surface area contributed by atoms with E-state index in [1.807, 2.05) is 48.5 Å². The zero-order chi connectivity index (χ0) is 20.0. The minimum atomic E-state index is -0.420. The van der Waals surface area contributed by atoms with Gasteiger partial charge in [-0.25, -0.2) is 0 Å². The van der Waals surface area contributed by atoms with Crippen LogP contribution in [-0.4, -0.2) is 20.4 Å². The maximum absolute atomic E-state index is 10.8. The van der Waals surface area contributed by atoms with Gasteiger partial charge >= 0.3 is 0 Å². The molecule has 0 radical (unpaired) electrons. The Hall–Kier alpha value is -2.36. The standard InChI is InChI=1S/C22H30O4/c1-12(15-8-13(23)10-17(19(15)25)21(2,3)4)16-9-14(24)11-18(20(16)26)22(5,6)7/h8-12,23-26H,1-7H3. The van der Waals surface area contributed by atoms with Crippen molar-refractivity contribution >= 4 is 0 Å². The third-order valence-electron chi connectivity index (χ3n) is 4.80. The second-order valence-electron chi connectivity index (χ2n) is 9.08. The molecule has 0 aliphatic rings. The fourth-order valence-corrected chi connectivity index (χ4v) is 3.25. The lowest BCUT2D eigenvalue weighted by atomic mass is 9.79. The van der Waals surface area contributed by atoms with Crippen molar-refractivity contribution in [2.24, 2.45) is 0 Å². The summed E-state index contributed by atoms with van der Waals surface area (Å²) in [5, 5.41) is 42.0. The molecule has 0 aliphatic carbocycles. The monoisotopic (exact) mass is 358 g/mol. The van der Waals surface area contributed by atoms with Crippen LogP contribution in [0.3, 0.4) is 0 Å². The molecule has 0 heterocycles. The van der Waals surface area contributed by atoms with E-state index in [0.29, 0.717) is 22.3 Å². The number of phenols is 4. The van der Waals surface area contributed by atoms with Crippen LogP contribution in [0.4, 0.5) is 0 Å². The smallest absolute Gasteiger partial charge is 0.123 e. The van der Waals surface area contributed by atoms with Crippen molar-refractivity contribution in [3.63, 3.8) is 0 Å². The summed E-state index contributed by atoms with van der Waals surface area (Å²) in [6, 6.07) is 6.15. The van der Waals surface area contributed by atoms with Crippen molar-refractivity contribution in [1.29, 1.82) is 0 Å². The summed E-state index contributed by atoms with van der Waals surface area (Å²) >= 11 is 0. The number of benzene rings is 2. The molecule has 0 saturated heterocycles. The summed E-state index contributed by atoms with van der Waals surface area (Å²) in [7, 11) is 0. The van der Waals surface area contributed by atoms with Gasteiger partial charge in [-0.1, -0.05) is 48.5 Å². The highest BCUT2D eigenvalue weighted by Gasteiger charge is 2.28. The molecule has 0 amide bonds. The molecule has 4 heteroatoms. The first kappa shape index (κ1) is 20.0. The van der Waals surface area contributed by atoms with Gasteiger partial charge in [-0.05, 0) is 35.1 Å². The van der Waals surface area contributed by atoms with E-state index in [0.717, 1.165) is 0 Å². The lowest BCUT2D eigenvalue weighted by molar-refractivity contribution is 0.418. The maximum atomic E-state index is 10.8. The summed E-state index contributed by atoms with van der Waals surface area (Å²) in [5.74, 6) is -0.0994. The first-order valence-corrected chi connectivity index (χ1v) is 8.86. The van der Waals surface area contributed by atoms with Crippen molar-refractivity contribution in [1.82, 2.24) is 0 Å². The highest BCUT2D eigenvalue weighted by molar-refractivity contribution is 5.57. The van der Waals surface area contributed by atoms with Crippen molar-refractivity contribution in [3.8, 4) is 23.0 Å². The maximum Gasteiger partial charge on any atom is 0.123 e. The molecule has 26 heavy (non-hydrogen) atoms. The van der Waals surface area contributed by atoms with Crippen LogP contribution in [0.5, 0.6) is 23.0 Å². The van der Waals surface area contributed by atoms with Gasteiger partial charge in [0.25, 0.3) is 0 Å². The molecule has 0 aliphatic heterocycles. The van der Waals surface area contributed by atoms with Crippen molar-refractivity contribution < 1.29 is 20.4 Å². The molecule has 0 spiro atoms. The minimum absolute atomic E-state index is 0.0604. The fourth-order valence-electron chi connectivity index (χ4n) is 3.25. The van der Waals surface area contributed by atoms with E-state index in [-0.39, 0.29) is 33.8 Å². The highest BCUT2D eigenvalue weighted by Crippen LogP contribution is 2.45. The molecule has 0 bridgehead atoms. The Morgan fingerprint density at radius 1 is 0.615 bits per heavy atom. The van der Waals surface area contributed by atoms with E-state index in [4.69, 9.17) is 0 Å². The summed E-state index contributed by atoms with van der Waals surface area (Å²) in [6.07, 6.45) is 0. The van der Waals surface area contributed by atoms with Gasteiger partial charge in [-0.2, -0.15) is 0 Å². The first-order chi connectivity index (χ1) is 11.7. The van der Waals surface area contributed by atoms with Gasteiger partial charge in [-0.15, -0.1) is 0 Å². The molecular formula is C22H30O4.